The van der Waals surface area contributed by atoms with Crippen molar-refractivity contribution in [2.24, 2.45) is 11.3 Å². The number of likely N-dealkylation sites (tertiary alicyclic amines) is 3. The van der Waals surface area contributed by atoms with E-state index in [-0.39, 0.29) is 28.9 Å². The lowest BCUT2D eigenvalue weighted by Crippen LogP contribution is -2.45. The number of nitrogens with zero attached hydrogens (tertiary/aromatic N) is 4. The number of hydrogen-bond acceptors (Lipinski definition) is 6. The third-order valence-corrected chi connectivity index (χ3v) is 18.0. The molecule has 0 aliphatic carbocycles. The summed E-state index contributed by atoms with van der Waals surface area (Å²) in [6.45, 7) is 37.4. The zero-order valence-corrected chi connectivity index (χ0v) is 53.8. The summed E-state index contributed by atoms with van der Waals surface area (Å²) in [5, 5.41) is 9.17. The highest BCUT2D eigenvalue weighted by Crippen LogP contribution is 2.40. The first-order valence-corrected chi connectivity index (χ1v) is 30.9. The molecule has 6 nitrogen and oxygen atoms in total. The Balaban J connectivity index is 0.000000231. The van der Waals surface area contributed by atoms with Crippen molar-refractivity contribution in [2.75, 3.05) is 53.0 Å². The Bertz CT molecular complexity index is 2650. The fraction of sp³-hybridized carbons (Fsp3) is 0.597. The van der Waals surface area contributed by atoms with Crippen LogP contribution in [0, 0.1) is 11.3 Å². The Kier molecular flexibility index (Phi) is 25.6. The molecule has 3 atom stereocenters. The number of aliphatic hydroxyl groups excluding tert-OH is 1. The molecular formula is C72H104F6N4O2. The summed E-state index contributed by atoms with van der Waals surface area (Å²) >= 11 is 0. The monoisotopic (exact) mass is 1170 g/mol. The van der Waals surface area contributed by atoms with Crippen LogP contribution in [0.2, 0.25) is 0 Å². The van der Waals surface area contributed by atoms with Crippen LogP contribution in [0.3, 0.4) is 0 Å². The molecule has 7 rings (SSSR count). The molecule has 1 N–H and O–H groups in total. The van der Waals surface area contributed by atoms with Gasteiger partial charge in [0.15, 0.2) is 0 Å². The summed E-state index contributed by atoms with van der Waals surface area (Å²) in [7, 11) is 1.72. The van der Waals surface area contributed by atoms with Crippen LogP contribution < -0.4 is 4.74 Å². The minimum atomic E-state index is -4.30. The maximum Gasteiger partial charge on any atom is 0.416 e. The first-order valence-electron chi connectivity index (χ1n) is 30.9. The number of ether oxygens (including phenoxy) is 1. The quantitative estimate of drug-likeness (QED) is 0.0746. The standard InChI is InChI=1S/C26H36N2O.C23H34F3NO.C23H34F3N/c1-20(2)18-24(19-26(3,4)23-6-8-25(29-5)9-7-23)28-16-12-22(13-17-28)21-10-14-27-15-11-21;1-17(2)15-21(27-12-9-18(10-13-27)11-14-28)16-22(3,4)19-5-7-20(8-6-19)23(24,25)26;1-17(2)15-20(27-13-11-21(3,4)12-14-27)16-22(5,6)18-7-9-19(10-8-18)23(24,25)26/h6-11,14-15,18,22,24H,12-13,16-17,19H2,1-5H3;5-8,15,18,21,28H,9-14,16H2,1-4H3;7-10,15,20H,11-14,16H2,1-6H3. The largest absolute Gasteiger partial charge is 0.497 e. The van der Waals surface area contributed by atoms with Crippen LogP contribution in [0.4, 0.5) is 26.3 Å². The number of halogens is 6. The van der Waals surface area contributed by atoms with Crippen molar-refractivity contribution in [2.45, 2.75) is 214 Å². The molecule has 12 heteroatoms. The van der Waals surface area contributed by atoms with Gasteiger partial charge in [-0.2, -0.15) is 26.3 Å². The minimum Gasteiger partial charge on any atom is -0.497 e. The Hall–Kier alpha value is -4.75. The van der Waals surface area contributed by atoms with Crippen LogP contribution in [-0.4, -0.2) is 95.9 Å². The Labute approximate surface area is 503 Å². The molecule has 3 aliphatic heterocycles. The number of rotatable bonds is 19. The van der Waals surface area contributed by atoms with Gasteiger partial charge in [-0.15, -0.1) is 0 Å². The lowest BCUT2D eigenvalue weighted by Gasteiger charge is -2.42. The highest BCUT2D eigenvalue weighted by Gasteiger charge is 2.37. The number of alkyl halides is 6. The van der Waals surface area contributed by atoms with Gasteiger partial charge in [0.25, 0.3) is 0 Å². The highest BCUT2D eigenvalue weighted by molar-refractivity contribution is 5.34. The Morgan fingerprint density at radius 3 is 1.17 bits per heavy atom. The van der Waals surface area contributed by atoms with Crippen molar-refractivity contribution in [3.05, 3.63) is 166 Å². The van der Waals surface area contributed by atoms with E-state index < -0.39 is 23.5 Å². The first kappa shape index (κ1) is 70.0. The molecule has 3 saturated heterocycles. The molecule has 4 aromatic rings. The lowest BCUT2D eigenvalue weighted by molar-refractivity contribution is -0.138. The van der Waals surface area contributed by atoms with Crippen LogP contribution in [0.25, 0.3) is 0 Å². The maximum atomic E-state index is 12.9. The fourth-order valence-corrected chi connectivity index (χ4v) is 12.6. The van der Waals surface area contributed by atoms with Gasteiger partial charge in [0.1, 0.15) is 5.75 Å². The van der Waals surface area contributed by atoms with Crippen molar-refractivity contribution in [1.82, 2.24) is 19.7 Å². The lowest BCUT2D eigenvalue weighted by atomic mass is 9.77. The molecule has 4 heterocycles. The predicted octanol–water partition coefficient (Wildman–Crippen LogP) is 18.6. The minimum absolute atomic E-state index is 0.102. The summed E-state index contributed by atoms with van der Waals surface area (Å²) in [5.74, 6) is 2.18. The zero-order valence-electron chi connectivity index (χ0n) is 53.8. The molecule has 3 fully saturated rings. The van der Waals surface area contributed by atoms with E-state index in [4.69, 9.17) is 9.84 Å². The molecule has 3 unspecified atom stereocenters. The van der Waals surface area contributed by atoms with E-state index in [1.807, 2.05) is 12.4 Å². The molecule has 3 aromatic carbocycles. The number of pyridine rings is 1. The van der Waals surface area contributed by atoms with Gasteiger partial charge < -0.3 is 9.84 Å². The summed E-state index contributed by atoms with van der Waals surface area (Å²) in [5.41, 5.74) is 7.53. The number of aromatic nitrogens is 1. The second-order valence-corrected chi connectivity index (χ2v) is 27.9. The normalized spacial score (nSPS) is 18.2. The van der Waals surface area contributed by atoms with Crippen LogP contribution in [-0.2, 0) is 28.6 Å². The van der Waals surface area contributed by atoms with Crippen LogP contribution in [0.15, 0.2) is 132 Å². The summed E-state index contributed by atoms with van der Waals surface area (Å²) in [6, 6.07) is 25.3. The average molecular weight is 1170 g/mol. The van der Waals surface area contributed by atoms with Gasteiger partial charge >= 0.3 is 12.4 Å². The Morgan fingerprint density at radius 1 is 0.524 bits per heavy atom. The maximum absolute atomic E-state index is 12.9. The number of methoxy groups -OCH3 is 1. The summed E-state index contributed by atoms with van der Waals surface area (Å²) < 4.78 is 82.5. The zero-order chi connectivity index (χ0) is 62.3. The van der Waals surface area contributed by atoms with Gasteiger partial charge in [-0.3, -0.25) is 19.7 Å². The number of piperidine rings is 3. The van der Waals surface area contributed by atoms with Crippen molar-refractivity contribution in [3.8, 4) is 5.75 Å². The third kappa shape index (κ3) is 21.9. The van der Waals surface area contributed by atoms with Crippen LogP contribution in [0.1, 0.15) is 200 Å². The molecule has 0 amide bonds. The van der Waals surface area contributed by atoms with E-state index in [2.05, 4.69) is 171 Å². The molecule has 84 heavy (non-hydrogen) atoms. The number of benzene rings is 3. The van der Waals surface area contributed by atoms with E-state index in [9.17, 15) is 26.3 Å². The van der Waals surface area contributed by atoms with E-state index in [0.29, 0.717) is 29.3 Å². The SMILES string of the molecule is CC(C)=CC(CC(C)(C)c1ccc(C(F)(F)F)cc1)N1CCC(C)(C)CC1.CC(C)=CC(CC(C)(C)c1ccc(C(F)(F)F)cc1)N1CCC(CCO)CC1.COc1ccc(C(C)(C)CC(C=C(C)C)N2CCC(c3ccncc3)CC2)cc1. The van der Waals surface area contributed by atoms with Crippen molar-refractivity contribution >= 4 is 0 Å². The van der Waals surface area contributed by atoms with Gasteiger partial charge in [0.2, 0.25) is 0 Å². The second kappa shape index (κ2) is 30.7. The molecule has 0 bridgehead atoms. The topological polar surface area (TPSA) is 52.1 Å². The third-order valence-electron chi connectivity index (χ3n) is 18.0. The van der Waals surface area contributed by atoms with Crippen molar-refractivity contribution in [1.29, 1.82) is 0 Å². The van der Waals surface area contributed by atoms with E-state index in [0.717, 1.165) is 94.7 Å². The fourth-order valence-electron chi connectivity index (χ4n) is 12.6. The van der Waals surface area contributed by atoms with E-state index in [1.165, 1.54) is 77.8 Å². The van der Waals surface area contributed by atoms with Gasteiger partial charge in [0, 0.05) is 37.1 Å². The molecule has 466 valence electrons. The number of allylic oxidation sites excluding steroid dienone is 3. The number of aliphatic hydroxyl groups is 1. The van der Waals surface area contributed by atoms with Gasteiger partial charge in [0.05, 0.1) is 18.2 Å². The Morgan fingerprint density at radius 2 is 0.845 bits per heavy atom. The van der Waals surface area contributed by atoms with Crippen molar-refractivity contribution in [3.63, 3.8) is 0 Å². The highest BCUT2D eigenvalue weighted by atomic mass is 19.4. The molecule has 0 radical (unpaired) electrons. The summed E-state index contributed by atoms with van der Waals surface area (Å²) in [6.07, 6.45) is 13.1. The second-order valence-electron chi connectivity index (χ2n) is 27.9. The van der Waals surface area contributed by atoms with Crippen molar-refractivity contribution < 1.29 is 36.2 Å². The molecule has 0 saturated carbocycles. The van der Waals surface area contributed by atoms with Gasteiger partial charge in [-0.25, -0.2) is 0 Å². The predicted molar refractivity (Wildman–Crippen MR) is 337 cm³/mol. The summed E-state index contributed by atoms with van der Waals surface area (Å²) in [4.78, 5) is 11.9. The van der Waals surface area contributed by atoms with E-state index >= 15 is 0 Å². The van der Waals surface area contributed by atoms with E-state index in [1.54, 1.807) is 31.4 Å². The van der Waals surface area contributed by atoms with Crippen LogP contribution >= 0.6 is 0 Å². The molecule has 0 spiro atoms. The van der Waals surface area contributed by atoms with Gasteiger partial charge in [-0.1, -0.05) is 127 Å². The molecular weight excluding hydrogens is 1070 g/mol. The number of hydrogen-bond donors (Lipinski definition) is 1. The molecule has 3 aliphatic rings. The van der Waals surface area contributed by atoms with Gasteiger partial charge in [-0.05, 0) is 249 Å². The average Bonchev–Trinajstić information content (AvgIpc) is 3.64. The van der Waals surface area contributed by atoms with Crippen LogP contribution in [0.5, 0.6) is 5.75 Å². The molecule has 1 aromatic heterocycles. The first-order chi connectivity index (χ1) is 39.2. The smallest absolute Gasteiger partial charge is 0.416 e.